The molecule has 1 fully saturated rings. The number of allylic oxidation sites excluding steroid dienone is 3. The third kappa shape index (κ3) is 1.60. The van der Waals surface area contributed by atoms with Gasteiger partial charge in [0.1, 0.15) is 0 Å². The van der Waals surface area contributed by atoms with Crippen LogP contribution in [0.25, 0.3) is 0 Å². The highest BCUT2D eigenvalue weighted by atomic mass is 14.6. The molecular formula is C19H18. The van der Waals surface area contributed by atoms with Crippen molar-refractivity contribution in [3.63, 3.8) is 0 Å². The number of hydrogen-bond donors (Lipinski definition) is 0. The fourth-order valence-electron chi connectivity index (χ4n) is 3.19. The van der Waals surface area contributed by atoms with Crippen LogP contribution >= 0.6 is 0 Å². The third-order valence-electron chi connectivity index (χ3n) is 3.98. The van der Waals surface area contributed by atoms with Gasteiger partial charge in [-0.2, -0.15) is 0 Å². The first-order chi connectivity index (χ1) is 9.19. The zero-order valence-electron chi connectivity index (χ0n) is 11.5. The quantitative estimate of drug-likeness (QED) is 0.708. The van der Waals surface area contributed by atoms with Crippen LogP contribution in [0.5, 0.6) is 0 Å². The minimum absolute atomic E-state index is 0.0820. The smallest absolute Gasteiger partial charge is 0.0701 e. The lowest BCUT2D eigenvalue weighted by Crippen LogP contribution is -2.10. The van der Waals surface area contributed by atoms with E-state index in [1.165, 1.54) is 27.8 Å². The summed E-state index contributed by atoms with van der Waals surface area (Å²) < 4.78 is 0. The molecule has 1 saturated carbocycles. The van der Waals surface area contributed by atoms with Crippen LogP contribution in [0, 0.1) is 0 Å². The molecule has 0 aromatic heterocycles. The maximum atomic E-state index is 4.32. The van der Waals surface area contributed by atoms with Gasteiger partial charge in [0, 0.05) is 0 Å². The summed E-state index contributed by atoms with van der Waals surface area (Å²) in [5.74, 6) is 0. The summed E-state index contributed by atoms with van der Waals surface area (Å²) in [5, 5.41) is 0. The fraction of sp³-hybridized carbons (Fsp3) is 0.158. The summed E-state index contributed by atoms with van der Waals surface area (Å²) in [4.78, 5) is 0. The molecule has 0 heterocycles. The van der Waals surface area contributed by atoms with E-state index in [2.05, 4.69) is 81.1 Å². The van der Waals surface area contributed by atoms with Crippen molar-refractivity contribution in [3.8, 4) is 0 Å². The Balaban J connectivity index is 2.27. The molecule has 0 unspecified atom stereocenters. The Morgan fingerprint density at radius 2 is 1.21 bits per heavy atom. The number of rotatable bonds is 2. The van der Waals surface area contributed by atoms with Crippen molar-refractivity contribution in [2.24, 2.45) is 0 Å². The first-order valence-corrected chi connectivity index (χ1v) is 6.67. The second-order valence-electron chi connectivity index (χ2n) is 5.34. The second-order valence-corrected chi connectivity index (χ2v) is 5.34. The first-order valence-electron chi connectivity index (χ1n) is 6.67. The molecule has 0 radical (unpaired) electrons. The summed E-state index contributed by atoms with van der Waals surface area (Å²) in [5.41, 5.74) is 6.55. The van der Waals surface area contributed by atoms with Crippen molar-refractivity contribution in [2.75, 3.05) is 0 Å². The summed E-state index contributed by atoms with van der Waals surface area (Å²) in [6.45, 7) is 8.67. The molecule has 0 saturated heterocycles. The topological polar surface area (TPSA) is 0 Å². The van der Waals surface area contributed by atoms with Crippen LogP contribution < -0.4 is 0 Å². The van der Waals surface area contributed by atoms with Gasteiger partial charge in [0.15, 0.2) is 0 Å². The molecule has 0 nitrogen and oxygen atoms in total. The lowest BCUT2D eigenvalue weighted by molar-refractivity contribution is 0.933. The zero-order chi connectivity index (χ0) is 13.5. The number of benzene rings is 2. The Hall–Kier alpha value is -2.08. The molecule has 0 amide bonds. The standard InChI is InChI=1S/C19H18/c1-14(2)18-15(3)19(18,16-10-6-4-7-11-16)17-12-8-5-9-13-17/h4-13H,3H2,1-2H3. The van der Waals surface area contributed by atoms with Crippen LogP contribution in [0.15, 0.2) is 84.0 Å². The van der Waals surface area contributed by atoms with Gasteiger partial charge in [-0.3, -0.25) is 0 Å². The van der Waals surface area contributed by atoms with Crippen LogP contribution in [0.3, 0.4) is 0 Å². The van der Waals surface area contributed by atoms with Gasteiger partial charge in [0.05, 0.1) is 5.41 Å². The monoisotopic (exact) mass is 246 g/mol. The van der Waals surface area contributed by atoms with Crippen molar-refractivity contribution >= 4 is 0 Å². The SMILES string of the molecule is C=C1C(=C(C)C)C1(c1ccccc1)c1ccccc1. The summed E-state index contributed by atoms with van der Waals surface area (Å²) in [6.07, 6.45) is 0. The van der Waals surface area contributed by atoms with Gasteiger partial charge < -0.3 is 0 Å². The van der Waals surface area contributed by atoms with Gasteiger partial charge in [-0.05, 0) is 36.1 Å². The van der Waals surface area contributed by atoms with Crippen LogP contribution in [-0.2, 0) is 5.41 Å². The van der Waals surface area contributed by atoms with Crippen molar-refractivity contribution in [3.05, 3.63) is 95.1 Å². The molecule has 1 aliphatic carbocycles. The van der Waals surface area contributed by atoms with E-state index in [4.69, 9.17) is 0 Å². The molecule has 1 aliphatic rings. The van der Waals surface area contributed by atoms with Gasteiger partial charge in [-0.15, -0.1) is 0 Å². The summed E-state index contributed by atoms with van der Waals surface area (Å²) in [7, 11) is 0. The van der Waals surface area contributed by atoms with Gasteiger partial charge in [-0.1, -0.05) is 72.8 Å². The fourth-order valence-corrected chi connectivity index (χ4v) is 3.19. The molecule has 19 heavy (non-hydrogen) atoms. The Morgan fingerprint density at radius 1 is 0.789 bits per heavy atom. The predicted octanol–water partition coefficient (Wildman–Crippen LogP) is 4.88. The highest BCUT2D eigenvalue weighted by Gasteiger charge is 2.56. The normalized spacial score (nSPS) is 16.3. The second kappa shape index (κ2) is 4.24. The van der Waals surface area contributed by atoms with Crippen LogP contribution in [0.1, 0.15) is 25.0 Å². The van der Waals surface area contributed by atoms with E-state index in [1.54, 1.807) is 0 Å². The van der Waals surface area contributed by atoms with Gasteiger partial charge in [-0.25, -0.2) is 0 Å². The predicted molar refractivity (Wildman–Crippen MR) is 81.2 cm³/mol. The molecule has 94 valence electrons. The molecule has 0 N–H and O–H groups in total. The van der Waals surface area contributed by atoms with E-state index in [9.17, 15) is 0 Å². The van der Waals surface area contributed by atoms with E-state index >= 15 is 0 Å². The molecule has 0 atom stereocenters. The minimum atomic E-state index is -0.0820. The van der Waals surface area contributed by atoms with Gasteiger partial charge in [0.2, 0.25) is 0 Å². The lowest BCUT2D eigenvalue weighted by Gasteiger charge is -2.16. The molecule has 0 aliphatic heterocycles. The van der Waals surface area contributed by atoms with E-state index in [1.807, 2.05) is 0 Å². The van der Waals surface area contributed by atoms with E-state index in [0.717, 1.165) is 0 Å². The van der Waals surface area contributed by atoms with Crippen molar-refractivity contribution in [2.45, 2.75) is 19.3 Å². The molecule has 2 aromatic rings. The maximum Gasteiger partial charge on any atom is 0.0701 e. The summed E-state index contributed by atoms with van der Waals surface area (Å²) >= 11 is 0. The molecule has 3 rings (SSSR count). The Labute approximate surface area is 115 Å². The van der Waals surface area contributed by atoms with Crippen molar-refractivity contribution < 1.29 is 0 Å². The maximum absolute atomic E-state index is 4.32. The Kier molecular flexibility index (Phi) is 2.67. The van der Waals surface area contributed by atoms with Gasteiger partial charge in [0.25, 0.3) is 0 Å². The Bertz CT molecular complexity index is 601. The van der Waals surface area contributed by atoms with Crippen molar-refractivity contribution in [1.29, 1.82) is 0 Å². The average Bonchev–Trinajstić information content (AvgIpc) is 3.08. The highest BCUT2D eigenvalue weighted by molar-refractivity contribution is 5.79. The van der Waals surface area contributed by atoms with Crippen LogP contribution in [-0.4, -0.2) is 0 Å². The van der Waals surface area contributed by atoms with Crippen LogP contribution in [0.2, 0.25) is 0 Å². The first kappa shape index (κ1) is 12.0. The van der Waals surface area contributed by atoms with E-state index < -0.39 is 0 Å². The molecular weight excluding hydrogens is 228 g/mol. The van der Waals surface area contributed by atoms with Crippen molar-refractivity contribution in [1.82, 2.24) is 0 Å². The lowest BCUT2D eigenvalue weighted by atomic mass is 9.86. The molecule has 0 spiro atoms. The molecule has 2 aromatic carbocycles. The largest absolute Gasteiger partial charge is 0.0939 e. The van der Waals surface area contributed by atoms with E-state index in [0.29, 0.717) is 0 Å². The number of hydrogen-bond acceptors (Lipinski definition) is 0. The van der Waals surface area contributed by atoms with Crippen LogP contribution in [0.4, 0.5) is 0 Å². The Morgan fingerprint density at radius 3 is 1.53 bits per heavy atom. The molecule has 0 heteroatoms. The highest BCUT2D eigenvalue weighted by Crippen LogP contribution is 2.63. The molecule has 0 bridgehead atoms. The average molecular weight is 246 g/mol. The van der Waals surface area contributed by atoms with Gasteiger partial charge >= 0.3 is 0 Å². The zero-order valence-corrected chi connectivity index (χ0v) is 11.5. The minimum Gasteiger partial charge on any atom is -0.0939 e. The van der Waals surface area contributed by atoms with E-state index in [-0.39, 0.29) is 5.41 Å². The third-order valence-corrected chi connectivity index (χ3v) is 3.98. The summed E-state index contributed by atoms with van der Waals surface area (Å²) in [6, 6.07) is 21.4.